The maximum atomic E-state index is 13.9. The van der Waals surface area contributed by atoms with Crippen molar-refractivity contribution in [2.45, 2.75) is 31.5 Å². The fourth-order valence-electron chi connectivity index (χ4n) is 7.05. The molecule has 3 aromatic carbocycles. The summed E-state index contributed by atoms with van der Waals surface area (Å²) >= 11 is 0. The van der Waals surface area contributed by atoms with Crippen molar-refractivity contribution in [1.29, 1.82) is 0 Å². The van der Waals surface area contributed by atoms with Gasteiger partial charge in [-0.05, 0) is 60.4 Å². The molecule has 1 aliphatic heterocycles. The smallest absolute Gasteiger partial charge is 0.342 e. The largest absolute Gasteiger partial charge is 0.507 e. The molecule has 0 spiro atoms. The molecule has 4 atom stereocenters. The molecule has 3 aliphatic carbocycles. The average Bonchev–Trinajstić information content (AvgIpc) is 3.41. The van der Waals surface area contributed by atoms with Gasteiger partial charge in [0, 0.05) is 17.0 Å². The van der Waals surface area contributed by atoms with Crippen LogP contribution in [0.15, 0.2) is 42.5 Å². The Balaban J connectivity index is 1.51. The van der Waals surface area contributed by atoms with Crippen molar-refractivity contribution in [2.75, 3.05) is 0 Å². The molecule has 1 heterocycles. The van der Waals surface area contributed by atoms with Crippen LogP contribution in [0.3, 0.4) is 0 Å². The highest BCUT2D eigenvalue weighted by Crippen LogP contribution is 2.64. The third-order valence-corrected chi connectivity index (χ3v) is 8.61. The van der Waals surface area contributed by atoms with E-state index in [1.165, 1.54) is 18.2 Å². The number of rotatable bonds is 1. The molecular formula is C30H20O10. The number of aliphatic hydroxyl groups is 1. The number of aliphatic hydroxyl groups excluding tert-OH is 1. The number of aromatic hydroxyl groups is 4. The first-order valence-corrected chi connectivity index (χ1v) is 12.4. The SMILES string of the molecule is Cc1cc(O)c2c(c1)C(C13Cc4cc(O)c5c(c4C1C=CC(=O)C3O)C(=O)c1c(O)ccc(O)c1C5=O)OC2=O. The van der Waals surface area contributed by atoms with E-state index in [0.29, 0.717) is 11.1 Å². The minimum atomic E-state index is -1.72. The maximum absolute atomic E-state index is 13.9. The van der Waals surface area contributed by atoms with Crippen LogP contribution < -0.4 is 0 Å². The molecule has 0 radical (unpaired) electrons. The van der Waals surface area contributed by atoms with Crippen molar-refractivity contribution < 1.29 is 49.4 Å². The third kappa shape index (κ3) is 2.70. The van der Waals surface area contributed by atoms with E-state index in [2.05, 4.69) is 0 Å². The summed E-state index contributed by atoms with van der Waals surface area (Å²) in [5.74, 6) is -6.17. The van der Waals surface area contributed by atoms with Crippen LogP contribution >= 0.6 is 0 Å². The van der Waals surface area contributed by atoms with Crippen LogP contribution in [0.4, 0.5) is 0 Å². The Bertz CT molecular complexity index is 1820. The number of aryl methyl sites for hydroxylation is 1. The number of hydrogen-bond acceptors (Lipinski definition) is 10. The van der Waals surface area contributed by atoms with E-state index in [-0.39, 0.29) is 40.0 Å². The van der Waals surface area contributed by atoms with Gasteiger partial charge in [-0.2, -0.15) is 0 Å². The topological polar surface area (TPSA) is 179 Å². The number of ether oxygens (including phenoxy) is 1. The van der Waals surface area contributed by atoms with Crippen LogP contribution in [0.2, 0.25) is 0 Å². The van der Waals surface area contributed by atoms with Gasteiger partial charge in [0.15, 0.2) is 11.6 Å². The van der Waals surface area contributed by atoms with Gasteiger partial charge in [-0.1, -0.05) is 12.1 Å². The van der Waals surface area contributed by atoms with Gasteiger partial charge >= 0.3 is 5.97 Å². The van der Waals surface area contributed by atoms with E-state index in [9.17, 15) is 44.7 Å². The van der Waals surface area contributed by atoms with Crippen molar-refractivity contribution in [3.8, 4) is 23.0 Å². The minimum absolute atomic E-state index is 0.0978. The number of esters is 1. The Morgan fingerprint density at radius 2 is 1.40 bits per heavy atom. The molecule has 5 N–H and O–H groups in total. The summed E-state index contributed by atoms with van der Waals surface area (Å²) in [6, 6.07) is 6.41. The number of carbonyl (C=O) groups excluding carboxylic acids is 4. The molecule has 10 heteroatoms. The van der Waals surface area contributed by atoms with Gasteiger partial charge < -0.3 is 30.3 Å². The predicted octanol–water partition coefficient (Wildman–Crippen LogP) is 2.63. The van der Waals surface area contributed by atoms with Gasteiger partial charge in [0.2, 0.25) is 5.78 Å². The Morgan fingerprint density at radius 1 is 0.800 bits per heavy atom. The van der Waals surface area contributed by atoms with Crippen LogP contribution in [0.5, 0.6) is 23.0 Å². The Labute approximate surface area is 225 Å². The average molecular weight is 540 g/mol. The van der Waals surface area contributed by atoms with E-state index >= 15 is 0 Å². The van der Waals surface area contributed by atoms with Crippen LogP contribution in [0.1, 0.15) is 76.5 Å². The van der Waals surface area contributed by atoms with E-state index in [1.54, 1.807) is 13.0 Å². The number of phenolic OH excluding ortho intramolecular Hbond substituents is 4. The Kier molecular flexibility index (Phi) is 4.57. The summed E-state index contributed by atoms with van der Waals surface area (Å²) in [4.78, 5) is 53.3. The van der Waals surface area contributed by atoms with E-state index < -0.39 is 75.2 Å². The first-order chi connectivity index (χ1) is 19.0. The lowest BCUT2D eigenvalue weighted by atomic mass is 9.62. The number of cyclic esters (lactones) is 1. The zero-order valence-electron chi connectivity index (χ0n) is 20.8. The molecule has 3 aromatic rings. The molecule has 0 fully saturated rings. The molecule has 0 aromatic heterocycles. The third-order valence-electron chi connectivity index (χ3n) is 8.61. The summed E-state index contributed by atoms with van der Waals surface area (Å²) in [5, 5.41) is 53.8. The predicted molar refractivity (Wildman–Crippen MR) is 135 cm³/mol. The highest BCUT2D eigenvalue weighted by Gasteiger charge is 2.63. The van der Waals surface area contributed by atoms with Crippen LogP contribution in [0.25, 0.3) is 0 Å². The zero-order chi connectivity index (χ0) is 28.4. The summed E-state index contributed by atoms with van der Waals surface area (Å²) < 4.78 is 5.74. The molecule has 0 saturated carbocycles. The molecule has 40 heavy (non-hydrogen) atoms. The molecule has 7 rings (SSSR count). The molecular weight excluding hydrogens is 520 g/mol. The number of allylic oxidation sites excluding steroid dienone is 1. The van der Waals surface area contributed by atoms with E-state index in [0.717, 1.165) is 18.2 Å². The molecule has 10 nitrogen and oxygen atoms in total. The second-order valence-corrected chi connectivity index (χ2v) is 10.7. The van der Waals surface area contributed by atoms with E-state index in [1.807, 2.05) is 0 Å². The van der Waals surface area contributed by atoms with Gasteiger partial charge in [-0.15, -0.1) is 0 Å². The minimum Gasteiger partial charge on any atom is -0.507 e. The van der Waals surface area contributed by atoms with Crippen LogP contribution in [-0.2, 0) is 16.0 Å². The monoisotopic (exact) mass is 540 g/mol. The number of phenols is 4. The summed E-state index contributed by atoms with van der Waals surface area (Å²) in [6.45, 7) is 1.69. The van der Waals surface area contributed by atoms with Crippen molar-refractivity contribution in [2.24, 2.45) is 5.41 Å². The zero-order valence-corrected chi connectivity index (χ0v) is 20.8. The fourth-order valence-corrected chi connectivity index (χ4v) is 7.05. The normalized spacial score (nSPS) is 25.7. The Morgan fingerprint density at radius 3 is 2.08 bits per heavy atom. The molecule has 4 aliphatic rings. The van der Waals surface area contributed by atoms with Crippen LogP contribution in [0, 0.1) is 12.3 Å². The summed E-state index contributed by atoms with van der Waals surface area (Å²) in [7, 11) is 0. The summed E-state index contributed by atoms with van der Waals surface area (Å²) in [5.41, 5.74) is -1.79. The fraction of sp³-hybridized carbons (Fsp3) is 0.200. The standard InChI is InChI=1S/C30H20O10/c1-10-6-12-20(17(34)7-10)29(39)40-28(12)30-9-11-8-18(35)23-24(19(11)13(30)2-3-16(33)27(30)38)26(37)22-15(32)5-4-14(31)21(22)25(23)36/h2-8,13,27-28,31-32,34-35,38H,9H2,1H3. The molecule has 4 unspecified atom stereocenters. The molecule has 0 saturated heterocycles. The summed E-state index contributed by atoms with van der Waals surface area (Å²) in [6.07, 6.45) is -0.482. The van der Waals surface area contributed by atoms with Crippen molar-refractivity contribution in [1.82, 2.24) is 0 Å². The van der Waals surface area contributed by atoms with Crippen molar-refractivity contribution >= 4 is 23.3 Å². The number of benzene rings is 3. The number of hydrogen-bond donors (Lipinski definition) is 5. The lowest BCUT2D eigenvalue weighted by Crippen LogP contribution is -2.49. The number of carbonyl (C=O) groups is 4. The quantitative estimate of drug-likeness (QED) is 0.178. The van der Waals surface area contributed by atoms with Gasteiger partial charge in [-0.3, -0.25) is 14.4 Å². The molecule has 0 amide bonds. The number of ketones is 3. The lowest BCUT2D eigenvalue weighted by Gasteiger charge is -2.44. The van der Waals surface area contributed by atoms with Crippen molar-refractivity contribution in [3.63, 3.8) is 0 Å². The molecule has 0 bridgehead atoms. The van der Waals surface area contributed by atoms with E-state index in [4.69, 9.17) is 4.74 Å². The lowest BCUT2D eigenvalue weighted by molar-refractivity contribution is -0.140. The van der Waals surface area contributed by atoms with Gasteiger partial charge in [0.05, 0.1) is 22.1 Å². The Hall–Kier alpha value is -4.96. The van der Waals surface area contributed by atoms with Gasteiger partial charge in [-0.25, -0.2) is 4.79 Å². The van der Waals surface area contributed by atoms with Crippen LogP contribution in [-0.4, -0.2) is 55.0 Å². The first-order valence-electron chi connectivity index (χ1n) is 12.4. The second kappa shape index (κ2) is 7.57. The maximum Gasteiger partial charge on any atom is 0.342 e. The molecule has 200 valence electrons. The second-order valence-electron chi connectivity index (χ2n) is 10.7. The van der Waals surface area contributed by atoms with Gasteiger partial charge in [0.1, 0.15) is 40.8 Å². The van der Waals surface area contributed by atoms with Crippen molar-refractivity contribution in [3.05, 3.63) is 92.6 Å². The number of fused-ring (bicyclic) bond motifs is 7. The highest BCUT2D eigenvalue weighted by atomic mass is 16.6. The van der Waals surface area contributed by atoms with Gasteiger partial charge in [0.25, 0.3) is 0 Å². The first kappa shape index (κ1) is 24.1. The highest BCUT2D eigenvalue weighted by molar-refractivity contribution is 6.31.